The summed E-state index contributed by atoms with van der Waals surface area (Å²) in [6.07, 6.45) is 0. The molecule has 0 saturated heterocycles. The van der Waals surface area contributed by atoms with E-state index < -0.39 is 26.7 Å². The third kappa shape index (κ3) is 4.15. The van der Waals surface area contributed by atoms with Crippen molar-refractivity contribution in [2.45, 2.75) is 18.7 Å². The first-order valence-corrected chi connectivity index (χ1v) is 8.97. The number of benzene rings is 2. The van der Waals surface area contributed by atoms with Crippen molar-refractivity contribution in [3.63, 3.8) is 0 Å². The van der Waals surface area contributed by atoms with E-state index in [1.807, 2.05) is 6.92 Å². The number of non-ortho nitro benzene ring substituents is 1. The van der Waals surface area contributed by atoms with Crippen LogP contribution in [0.15, 0.2) is 47.4 Å². The molecule has 0 bridgehead atoms. The van der Waals surface area contributed by atoms with Crippen molar-refractivity contribution < 1.29 is 18.1 Å². The number of anilines is 1. The molecule has 0 atom stereocenters. The van der Waals surface area contributed by atoms with Crippen LogP contribution in [0.4, 0.5) is 11.4 Å². The number of nitro benzene ring substituents is 1. The molecule has 2 rings (SSSR count). The van der Waals surface area contributed by atoms with E-state index in [-0.39, 0.29) is 16.3 Å². The number of nitrogens with zero attached hydrogens (tertiary/aromatic N) is 2. The molecule has 0 aliphatic heterocycles. The van der Waals surface area contributed by atoms with Crippen LogP contribution in [0.5, 0.6) is 0 Å². The van der Waals surface area contributed by atoms with E-state index in [0.717, 1.165) is 9.87 Å². The molecule has 9 heteroatoms. The summed E-state index contributed by atoms with van der Waals surface area (Å²) in [6, 6.07) is 9.84. The fraction of sp³-hybridized carbons (Fsp3) is 0.188. The zero-order valence-electron chi connectivity index (χ0n) is 13.5. The van der Waals surface area contributed by atoms with Gasteiger partial charge in [-0.1, -0.05) is 17.7 Å². The van der Waals surface area contributed by atoms with Gasteiger partial charge in [-0.25, -0.2) is 8.42 Å². The van der Waals surface area contributed by atoms with Crippen LogP contribution in [0.25, 0.3) is 0 Å². The molecular weight excluding hydrogens is 368 g/mol. The molecule has 0 aliphatic carbocycles. The molecule has 7 nitrogen and oxygen atoms in total. The molecule has 0 fully saturated rings. The quantitative estimate of drug-likeness (QED) is 0.434. The Morgan fingerprint density at radius 1 is 1.16 bits per heavy atom. The van der Waals surface area contributed by atoms with E-state index in [0.29, 0.717) is 5.56 Å². The lowest BCUT2D eigenvalue weighted by atomic mass is 10.2. The normalized spacial score (nSPS) is 11.2. The van der Waals surface area contributed by atoms with E-state index in [9.17, 15) is 23.3 Å². The van der Waals surface area contributed by atoms with Crippen molar-refractivity contribution in [2.75, 3.05) is 10.8 Å². The van der Waals surface area contributed by atoms with Crippen LogP contribution in [0, 0.1) is 24.0 Å². The Morgan fingerprint density at radius 3 is 2.24 bits per heavy atom. The first-order valence-electron chi connectivity index (χ1n) is 7.15. The summed E-state index contributed by atoms with van der Waals surface area (Å²) < 4.78 is 26.7. The second-order valence-electron chi connectivity index (χ2n) is 5.41. The summed E-state index contributed by atoms with van der Waals surface area (Å²) in [5, 5.41) is 9.99. The van der Waals surface area contributed by atoms with Crippen molar-refractivity contribution >= 4 is 38.2 Å². The van der Waals surface area contributed by atoms with Crippen molar-refractivity contribution in [2.24, 2.45) is 0 Å². The van der Waals surface area contributed by atoms with Crippen LogP contribution in [0.2, 0.25) is 0 Å². The van der Waals surface area contributed by atoms with Gasteiger partial charge in [0.15, 0.2) is 0 Å². The number of nitro groups is 1. The summed E-state index contributed by atoms with van der Waals surface area (Å²) >= 11 is 5.42. The molecule has 0 amide bonds. The van der Waals surface area contributed by atoms with E-state index in [4.69, 9.17) is 11.6 Å². The third-order valence-corrected chi connectivity index (χ3v) is 5.43. The minimum atomic E-state index is -4.06. The van der Waals surface area contributed by atoms with Crippen LogP contribution in [-0.2, 0) is 14.8 Å². The Kier molecular flexibility index (Phi) is 5.44. The second-order valence-corrected chi connectivity index (χ2v) is 7.69. The summed E-state index contributed by atoms with van der Waals surface area (Å²) in [5.41, 5.74) is 1.19. The van der Waals surface area contributed by atoms with Crippen LogP contribution in [-0.4, -0.2) is 25.1 Å². The molecule has 2 aromatic carbocycles. The molecule has 25 heavy (non-hydrogen) atoms. The summed E-state index contributed by atoms with van der Waals surface area (Å²) in [6.45, 7) is 2.76. The van der Waals surface area contributed by atoms with Gasteiger partial charge in [0.05, 0.1) is 15.5 Å². The predicted octanol–water partition coefficient (Wildman–Crippen LogP) is 3.17. The molecule has 0 heterocycles. The number of halogens is 1. The summed E-state index contributed by atoms with van der Waals surface area (Å²) in [4.78, 5) is 21.7. The highest BCUT2D eigenvalue weighted by atomic mass is 35.5. The summed E-state index contributed by atoms with van der Waals surface area (Å²) in [5.74, 6) is 0. The van der Waals surface area contributed by atoms with E-state index in [1.54, 1.807) is 12.1 Å². The third-order valence-electron chi connectivity index (χ3n) is 3.54. The minimum Gasteiger partial charge on any atom is -0.279 e. The van der Waals surface area contributed by atoms with Crippen LogP contribution >= 0.6 is 11.6 Å². The first-order chi connectivity index (χ1) is 11.6. The Labute approximate surface area is 150 Å². The van der Waals surface area contributed by atoms with Gasteiger partial charge in [-0.3, -0.25) is 19.2 Å². The number of carbonyl (C=O) groups excluding carboxylic acids is 1. The van der Waals surface area contributed by atoms with Gasteiger partial charge in [-0.2, -0.15) is 0 Å². The lowest BCUT2D eigenvalue weighted by Crippen LogP contribution is -2.35. The fourth-order valence-corrected chi connectivity index (χ4v) is 3.96. The van der Waals surface area contributed by atoms with Crippen molar-refractivity contribution in [1.29, 1.82) is 0 Å². The average molecular weight is 383 g/mol. The molecule has 0 unspecified atom stereocenters. The molecule has 2 aromatic rings. The van der Waals surface area contributed by atoms with Gasteiger partial charge in [0.1, 0.15) is 6.54 Å². The zero-order chi connectivity index (χ0) is 18.8. The van der Waals surface area contributed by atoms with Gasteiger partial charge in [0.25, 0.3) is 15.7 Å². The van der Waals surface area contributed by atoms with Gasteiger partial charge >= 0.3 is 0 Å². The number of hydrogen-bond donors (Lipinski definition) is 0. The Hall–Kier alpha value is -2.45. The number of carbonyl (C=O) groups is 1. The van der Waals surface area contributed by atoms with E-state index >= 15 is 0 Å². The topological polar surface area (TPSA) is 97.6 Å². The number of rotatable bonds is 6. The molecule has 0 spiro atoms. The van der Waals surface area contributed by atoms with Gasteiger partial charge in [-0.05, 0) is 49.2 Å². The van der Waals surface area contributed by atoms with E-state index in [1.165, 1.54) is 37.3 Å². The van der Waals surface area contributed by atoms with Crippen molar-refractivity contribution in [3.05, 3.63) is 63.7 Å². The SMILES string of the molecule is Cc1ccc(S(=O)(=O)N(CC(=O)Cl)c2ccc([N+](=O)[O-])cc2C)cc1. The van der Waals surface area contributed by atoms with Gasteiger partial charge < -0.3 is 0 Å². The lowest BCUT2D eigenvalue weighted by Gasteiger charge is -2.24. The standard InChI is InChI=1S/C16H15ClN2O5S/c1-11-3-6-14(7-4-11)25(23,24)18(10-16(17)20)15-8-5-13(19(21)22)9-12(15)2/h3-9H,10H2,1-2H3. The molecule has 0 saturated carbocycles. The van der Waals surface area contributed by atoms with Crippen LogP contribution < -0.4 is 4.31 Å². The van der Waals surface area contributed by atoms with Gasteiger partial charge in [0, 0.05) is 12.1 Å². The smallest absolute Gasteiger partial charge is 0.269 e. The van der Waals surface area contributed by atoms with Crippen LogP contribution in [0.3, 0.4) is 0 Å². The largest absolute Gasteiger partial charge is 0.279 e. The molecule has 132 valence electrons. The maximum atomic E-state index is 12.9. The van der Waals surface area contributed by atoms with Crippen molar-refractivity contribution in [1.82, 2.24) is 0 Å². The highest BCUT2D eigenvalue weighted by Gasteiger charge is 2.28. The lowest BCUT2D eigenvalue weighted by molar-refractivity contribution is -0.384. The minimum absolute atomic E-state index is 0.00577. The second kappa shape index (κ2) is 7.20. The number of aryl methyl sites for hydroxylation is 2. The molecule has 0 aliphatic rings. The van der Waals surface area contributed by atoms with Gasteiger partial charge in [-0.15, -0.1) is 0 Å². The summed E-state index contributed by atoms with van der Waals surface area (Å²) in [7, 11) is -4.06. The predicted molar refractivity (Wildman–Crippen MR) is 94.4 cm³/mol. The van der Waals surface area contributed by atoms with Gasteiger partial charge in [0.2, 0.25) is 5.24 Å². The Bertz CT molecular complexity index is 926. The highest BCUT2D eigenvalue weighted by Crippen LogP contribution is 2.29. The fourth-order valence-electron chi connectivity index (χ4n) is 2.28. The average Bonchev–Trinajstić information content (AvgIpc) is 2.53. The van der Waals surface area contributed by atoms with Crippen LogP contribution in [0.1, 0.15) is 11.1 Å². The zero-order valence-corrected chi connectivity index (χ0v) is 15.0. The maximum Gasteiger partial charge on any atom is 0.269 e. The monoisotopic (exact) mass is 382 g/mol. The first kappa shape index (κ1) is 18.9. The van der Waals surface area contributed by atoms with E-state index in [2.05, 4.69) is 0 Å². The Morgan fingerprint density at radius 2 is 1.76 bits per heavy atom. The maximum absolute atomic E-state index is 12.9. The molecular formula is C16H15ClN2O5S. The highest BCUT2D eigenvalue weighted by molar-refractivity contribution is 7.92. The number of sulfonamides is 1. The molecule has 0 N–H and O–H groups in total. The molecule has 0 aromatic heterocycles. The van der Waals surface area contributed by atoms with Crippen molar-refractivity contribution in [3.8, 4) is 0 Å². The number of hydrogen-bond acceptors (Lipinski definition) is 5. The molecule has 0 radical (unpaired) electrons. The Balaban J connectivity index is 2.58.